The third-order valence-corrected chi connectivity index (χ3v) is 7.96. The Morgan fingerprint density at radius 3 is 2.05 bits per heavy atom. The van der Waals surface area contributed by atoms with Gasteiger partial charge in [-0.2, -0.15) is 0 Å². The van der Waals surface area contributed by atoms with Crippen molar-refractivity contribution >= 4 is 29.8 Å². The van der Waals surface area contributed by atoms with E-state index < -0.39 is 53.6 Å². The fraction of sp³-hybridized carbons (Fsp3) is 0.667. The first-order valence-electron chi connectivity index (χ1n) is 12.5. The third kappa shape index (κ3) is 5.57. The van der Waals surface area contributed by atoms with Crippen molar-refractivity contribution in [3.8, 4) is 0 Å². The van der Waals surface area contributed by atoms with Gasteiger partial charge in [0.1, 0.15) is 18.0 Å². The Morgan fingerprint density at radius 2 is 1.51 bits per heavy atom. The van der Waals surface area contributed by atoms with Crippen molar-refractivity contribution in [2.24, 2.45) is 23.2 Å². The summed E-state index contributed by atoms with van der Waals surface area (Å²) in [6.07, 6.45) is 0.611. The zero-order valence-corrected chi connectivity index (χ0v) is 22.5. The van der Waals surface area contributed by atoms with E-state index in [0.29, 0.717) is 30.6 Å². The van der Waals surface area contributed by atoms with E-state index in [-0.39, 0.29) is 24.2 Å². The van der Waals surface area contributed by atoms with E-state index in [4.69, 9.17) is 23.7 Å². The minimum absolute atomic E-state index is 0.0839. The molecule has 1 saturated carbocycles. The van der Waals surface area contributed by atoms with E-state index >= 15 is 0 Å². The first kappa shape index (κ1) is 28.4. The second-order valence-electron chi connectivity index (χ2n) is 10.2. The molecular formula is C27H36O10. The van der Waals surface area contributed by atoms with Crippen LogP contribution in [0, 0.1) is 23.2 Å². The van der Waals surface area contributed by atoms with Gasteiger partial charge >= 0.3 is 29.8 Å². The predicted molar refractivity (Wildman–Crippen MR) is 128 cm³/mol. The molecule has 204 valence electrons. The molecule has 1 fully saturated rings. The van der Waals surface area contributed by atoms with Gasteiger partial charge in [0.15, 0.2) is 6.10 Å². The zero-order valence-electron chi connectivity index (χ0n) is 22.5. The van der Waals surface area contributed by atoms with E-state index in [1.165, 1.54) is 34.8 Å². The lowest BCUT2D eigenvalue weighted by molar-refractivity contribution is -0.238. The number of fused-ring (bicyclic) bond motifs is 3. The highest BCUT2D eigenvalue weighted by Gasteiger charge is 2.64. The smallest absolute Gasteiger partial charge is 0.310 e. The molecule has 10 nitrogen and oxygen atoms in total. The van der Waals surface area contributed by atoms with Gasteiger partial charge in [-0.1, -0.05) is 19.9 Å². The molecule has 0 aromatic heterocycles. The van der Waals surface area contributed by atoms with Gasteiger partial charge in [-0.05, 0) is 30.3 Å². The van der Waals surface area contributed by atoms with Crippen molar-refractivity contribution in [3.05, 3.63) is 23.0 Å². The van der Waals surface area contributed by atoms with Crippen LogP contribution in [0.4, 0.5) is 0 Å². The highest BCUT2D eigenvalue weighted by atomic mass is 16.6. The van der Waals surface area contributed by atoms with Crippen molar-refractivity contribution in [2.45, 2.75) is 85.5 Å². The van der Waals surface area contributed by atoms with E-state index in [1.54, 1.807) is 0 Å². The number of hydrogen-bond acceptors (Lipinski definition) is 10. The Morgan fingerprint density at radius 1 is 0.919 bits per heavy atom. The van der Waals surface area contributed by atoms with Crippen LogP contribution < -0.4 is 0 Å². The van der Waals surface area contributed by atoms with Crippen molar-refractivity contribution in [3.63, 3.8) is 0 Å². The van der Waals surface area contributed by atoms with Crippen LogP contribution in [-0.4, -0.2) is 55.3 Å². The van der Waals surface area contributed by atoms with Crippen LogP contribution in [0.3, 0.4) is 0 Å². The van der Waals surface area contributed by atoms with Gasteiger partial charge in [0, 0.05) is 51.0 Å². The largest absolute Gasteiger partial charge is 0.469 e. The molecule has 3 aliphatic rings. The average Bonchev–Trinajstić information content (AvgIpc) is 2.79. The molecule has 3 rings (SSSR count). The first-order chi connectivity index (χ1) is 17.3. The summed E-state index contributed by atoms with van der Waals surface area (Å²) >= 11 is 0. The van der Waals surface area contributed by atoms with Crippen molar-refractivity contribution in [1.29, 1.82) is 0 Å². The van der Waals surface area contributed by atoms with E-state index in [1.807, 2.05) is 19.9 Å². The molecular weight excluding hydrogens is 484 g/mol. The number of ether oxygens (including phenoxy) is 5. The fourth-order valence-corrected chi connectivity index (χ4v) is 6.64. The van der Waals surface area contributed by atoms with Gasteiger partial charge in [-0.25, -0.2) is 0 Å². The summed E-state index contributed by atoms with van der Waals surface area (Å²) in [6.45, 7) is 9.06. The second-order valence-corrected chi connectivity index (χ2v) is 10.2. The Kier molecular flexibility index (Phi) is 8.49. The summed E-state index contributed by atoms with van der Waals surface area (Å²) in [7, 11) is 1.29. The molecule has 0 saturated heterocycles. The zero-order chi connectivity index (χ0) is 27.7. The van der Waals surface area contributed by atoms with Gasteiger partial charge < -0.3 is 23.7 Å². The van der Waals surface area contributed by atoms with Crippen LogP contribution in [-0.2, 0) is 47.7 Å². The molecule has 0 amide bonds. The molecule has 37 heavy (non-hydrogen) atoms. The molecule has 0 radical (unpaired) electrons. The number of rotatable bonds is 6. The summed E-state index contributed by atoms with van der Waals surface area (Å²) in [4.78, 5) is 60.6. The maximum Gasteiger partial charge on any atom is 0.310 e. The molecule has 0 aliphatic heterocycles. The SMILES string of the molecule is COC(=O)CC1=C(OC(C)=O)CC[C@H]2C1=CC[C@H]1[C@H](C)[C@@H](OC(C)=O)[C@@H](OC(C)=O)[C@H](OC(C)=O)[C@]21C. The second kappa shape index (κ2) is 11.1. The topological polar surface area (TPSA) is 132 Å². The molecule has 0 heterocycles. The van der Waals surface area contributed by atoms with Crippen LogP contribution in [0.1, 0.15) is 67.2 Å². The molecule has 3 aliphatic carbocycles. The van der Waals surface area contributed by atoms with Gasteiger partial charge in [-0.15, -0.1) is 0 Å². The maximum absolute atomic E-state index is 12.3. The Labute approximate surface area is 216 Å². The summed E-state index contributed by atoms with van der Waals surface area (Å²) < 4.78 is 27.6. The van der Waals surface area contributed by atoms with Crippen LogP contribution in [0.5, 0.6) is 0 Å². The minimum atomic E-state index is -1.02. The number of carbonyl (C=O) groups excluding carboxylic acids is 5. The lowest BCUT2D eigenvalue weighted by Gasteiger charge is -2.60. The molecule has 0 N–H and O–H groups in total. The Hall–Kier alpha value is -3.17. The molecule has 10 heteroatoms. The summed E-state index contributed by atoms with van der Waals surface area (Å²) in [5.74, 6) is -2.81. The molecule has 7 atom stereocenters. The number of esters is 5. The number of hydrogen-bond donors (Lipinski definition) is 0. The molecule has 0 unspecified atom stereocenters. The van der Waals surface area contributed by atoms with E-state index in [9.17, 15) is 24.0 Å². The maximum atomic E-state index is 12.3. The lowest BCUT2D eigenvalue weighted by Crippen LogP contribution is -2.66. The number of allylic oxidation sites excluding steroid dienone is 3. The standard InChI is InChI=1S/C27H36O10/c1-13-20-9-8-18-19(12-23(32)33-7)22(34-14(2)28)11-10-21(18)27(20,6)26(37-17(5)31)25(36-16(4)30)24(13)35-15(3)29/h8,13,20-21,24-26H,9-12H2,1-7H3/t13-,20-,21-,24+,25+,26-,27-/m0/s1. The fourth-order valence-electron chi connectivity index (χ4n) is 6.64. The van der Waals surface area contributed by atoms with Crippen LogP contribution in [0.15, 0.2) is 23.0 Å². The van der Waals surface area contributed by atoms with Crippen LogP contribution >= 0.6 is 0 Å². The van der Waals surface area contributed by atoms with Crippen LogP contribution in [0.2, 0.25) is 0 Å². The molecule has 0 spiro atoms. The van der Waals surface area contributed by atoms with Crippen molar-refractivity contribution < 1.29 is 47.7 Å². The Bertz CT molecular complexity index is 1040. The van der Waals surface area contributed by atoms with Crippen LogP contribution in [0.25, 0.3) is 0 Å². The molecule has 0 bridgehead atoms. The predicted octanol–water partition coefficient (Wildman–Crippen LogP) is 3.17. The first-order valence-corrected chi connectivity index (χ1v) is 12.5. The summed E-state index contributed by atoms with van der Waals surface area (Å²) in [5, 5.41) is 0. The number of carbonyl (C=O) groups is 5. The van der Waals surface area contributed by atoms with Crippen molar-refractivity contribution in [2.75, 3.05) is 7.11 Å². The third-order valence-electron chi connectivity index (χ3n) is 7.96. The highest BCUT2D eigenvalue weighted by Crippen LogP contribution is 2.61. The van der Waals surface area contributed by atoms with Crippen molar-refractivity contribution in [1.82, 2.24) is 0 Å². The Balaban J connectivity index is 2.19. The van der Waals surface area contributed by atoms with Gasteiger partial charge in [0.2, 0.25) is 0 Å². The summed E-state index contributed by atoms with van der Waals surface area (Å²) in [5.41, 5.74) is 0.650. The quantitative estimate of drug-likeness (QED) is 0.380. The molecule has 0 aromatic rings. The lowest BCUT2D eigenvalue weighted by atomic mass is 9.48. The van der Waals surface area contributed by atoms with Gasteiger partial charge in [-0.3, -0.25) is 24.0 Å². The average molecular weight is 521 g/mol. The number of methoxy groups -OCH3 is 1. The minimum Gasteiger partial charge on any atom is -0.469 e. The molecule has 0 aromatic carbocycles. The normalized spacial score (nSPS) is 32.7. The van der Waals surface area contributed by atoms with E-state index in [2.05, 4.69) is 0 Å². The monoisotopic (exact) mass is 520 g/mol. The van der Waals surface area contributed by atoms with Gasteiger partial charge in [0.25, 0.3) is 0 Å². The van der Waals surface area contributed by atoms with E-state index in [0.717, 1.165) is 5.57 Å². The highest BCUT2D eigenvalue weighted by molar-refractivity contribution is 5.75. The van der Waals surface area contributed by atoms with Gasteiger partial charge in [0.05, 0.1) is 13.5 Å². The summed E-state index contributed by atoms with van der Waals surface area (Å²) in [6, 6.07) is 0.